The third kappa shape index (κ3) is 1.55. The van der Waals surface area contributed by atoms with Gasteiger partial charge in [-0.15, -0.1) is 5.10 Å². The molecule has 1 aromatic rings. The molecule has 1 fully saturated rings. The Morgan fingerprint density at radius 3 is 2.79 bits per heavy atom. The second kappa shape index (κ2) is 4.00. The first-order chi connectivity index (χ1) is 9.08. The maximum absolute atomic E-state index is 9.49. The van der Waals surface area contributed by atoms with Gasteiger partial charge < -0.3 is 15.4 Å². The average Bonchev–Trinajstić information content (AvgIpc) is 2.75. The molecule has 6 heteroatoms. The number of ether oxygens (including phenoxy) is 1. The third-order valence-electron chi connectivity index (χ3n) is 4.39. The Labute approximate surface area is 111 Å². The van der Waals surface area contributed by atoms with Crippen LogP contribution in [0.4, 0.5) is 0 Å². The van der Waals surface area contributed by atoms with Crippen molar-refractivity contribution in [2.24, 2.45) is 5.73 Å². The molecule has 0 atom stereocenters. The lowest BCUT2D eigenvalue weighted by Crippen LogP contribution is -3.10. The average molecular weight is 260 g/mol. The molecule has 0 radical (unpaired) electrons. The van der Waals surface area contributed by atoms with E-state index in [1.54, 1.807) is 0 Å². The highest BCUT2D eigenvalue weighted by Crippen LogP contribution is 2.48. The summed E-state index contributed by atoms with van der Waals surface area (Å²) >= 11 is 0. The molecule has 4 N–H and O–H groups in total. The number of nitriles is 1. The highest BCUT2D eigenvalue weighted by molar-refractivity contribution is 5.54. The summed E-state index contributed by atoms with van der Waals surface area (Å²) in [6, 6.07) is 2.27. The molecule has 0 aromatic carbocycles. The summed E-state index contributed by atoms with van der Waals surface area (Å²) < 4.78 is 5.50. The second-order valence-electron chi connectivity index (χ2n) is 5.52. The number of allylic oxidation sites excluding steroid dienone is 1. The molecule has 3 heterocycles. The van der Waals surface area contributed by atoms with E-state index in [0.29, 0.717) is 11.5 Å². The molecule has 100 valence electrons. The number of H-pyrrole nitrogens is 1. The molecule has 3 rings (SSSR count). The maximum atomic E-state index is 9.49. The Morgan fingerprint density at radius 1 is 1.47 bits per heavy atom. The van der Waals surface area contributed by atoms with Gasteiger partial charge in [0.05, 0.1) is 25.6 Å². The van der Waals surface area contributed by atoms with E-state index >= 15 is 0 Å². The molecular formula is C13H18N5O+. The fourth-order valence-corrected chi connectivity index (χ4v) is 3.33. The third-order valence-corrected chi connectivity index (χ3v) is 4.39. The largest absolute Gasteiger partial charge is 0.420 e. The predicted molar refractivity (Wildman–Crippen MR) is 68.3 cm³/mol. The molecule has 0 unspecified atom stereocenters. The van der Waals surface area contributed by atoms with Crippen molar-refractivity contribution in [3.8, 4) is 11.9 Å². The summed E-state index contributed by atoms with van der Waals surface area (Å²) in [7, 11) is 2.18. The van der Waals surface area contributed by atoms with Gasteiger partial charge in [0.15, 0.2) is 0 Å². The number of aromatic nitrogens is 2. The number of quaternary nitrogens is 1. The molecule has 1 saturated heterocycles. The van der Waals surface area contributed by atoms with Crippen LogP contribution in [0, 0.1) is 18.3 Å². The van der Waals surface area contributed by atoms with Crippen LogP contribution >= 0.6 is 0 Å². The zero-order valence-electron chi connectivity index (χ0n) is 11.2. The van der Waals surface area contributed by atoms with E-state index in [1.165, 1.54) is 4.90 Å². The van der Waals surface area contributed by atoms with Crippen LogP contribution in [0.15, 0.2) is 11.5 Å². The number of nitrogens with zero attached hydrogens (tertiary/aromatic N) is 2. The first-order valence-electron chi connectivity index (χ1n) is 6.53. The maximum Gasteiger partial charge on any atom is 0.244 e. The highest BCUT2D eigenvalue weighted by atomic mass is 16.5. The molecule has 0 aliphatic carbocycles. The Kier molecular flexibility index (Phi) is 2.54. The van der Waals surface area contributed by atoms with Crippen molar-refractivity contribution in [2.45, 2.75) is 25.2 Å². The van der Waals surface area contributed by atoms with Crippen LogP contribution in [-0.4, -0.2) is 30.3 Å². The van der Waals surface area contributed by atoms with E-state index in [2.05, 4.69) is 23.3 Å². The zero-order chi connectivity index (χ0) is 13.6. The summed E-state index contributed by atoms with van der Waals surface area (Å²) in [5.41, 5.74) is 8.16. The molecule has 2 aliphatic rings. The Bertz CT molecular complexity index is 587. The predicted octanol–water partition coefficient (Wildman–Crippen LogP) is -0.649. The van der Waals surface area contributed by atoms with Crippen molar-refractivity contribution in [1.82, 2.24) is 10.2 Å². The van der Waals surface area contributed by atoms with Crippen LogP contribution in [0.1, 0.15) is 24.1 Å². The monoisotopic (exact) mass is 260 g/mol. The first-order valence-corrected chi connectivity index (χ1v) is 6.53. The minimum atomic E-state index is -0.316. The molecule has 0 bridgehead atoms. The smallest absolute Gasteiger partial charge is 0.244 e. The van der Waals surface area contributed by atoms with Gasteiger partial charge in [-0.2, -0.15) is 5.26 Å². The van der Waals surface area contributed by atoms with Crippen LogP contribution in [-0.2, 0) is 5.41 Å². The van der Waals surface area contributed by atoms with Crippen LogP contribution in [0.5, 0.6) is 5.88 Å². The van der Waals surface area contributed by atoms with E-state index in [1.807, 2.05) is 6.92 Å². The van der Waals surface area contributed by atoms with Crippen LogP contribution < -0.4 is 15.4 Å². The summed E-state index contributed by atoms with van der Waals surface area (Å²) in [5, 5.41) is 16.6. The molecule has 0 amide bonds. The fourth-order valence-electron chi connectivity index (χ4n) is 3.33. The van der Waals surface area contributed by atoms with Crippen molar-refractivity contribution in [2.75, 3.05) is 20.1 Å². The van der Waals surface area contributed by atoms with Crippen molar-refractivity contribution in [3.05, 3.63) is 22.7 Å². The Hall–Kier alpha value is -2.00. The van der Waals surface area contributed by atoms with Gasteiger partial charge in [-0.3, -0.25) is 5.10 Å². The number of aryl methyl sites for hydroxylation is 1. The van der Waals surface area contributed by atoms with Crippen LogP contribution in [0.3, 0.4) is 0 Å². The Balaban J connectivity index is 2.18. The van der Waals surface area contributed by atoms with Crippen molar-refractivity contribution in [1.29, 1.82) is 5.26 Å². The number of aromatic amines is 1. The van der Waals surface area contributed by atoms with Crippen molar-refractivity contribution in [3.63, 3.8) is 0 Å². The lowest BCUT2D eigenvalue weighted by molar-refractivity contribution is -0.886. The molecule has 2 aliphatic heterocycles. The fraction of sp³-hybridized carbons (Fsp3) is 0.538. The topological polar surface area (TPSA) is 92.2 Å². The lowest BCUT2D eigenvalue weighted by Gasteiger charge is -2.40. The molecule has 0 saturated carbocycles. The highest BCUT2D eigenvalue weighted by Gasteiger charge is 2.49. The summed E-state index contributed by atoms with van der Waals surface area (Å²) in [6.45, 7) is 4.00. The SMILES string of the molecule is Cc1[nH]nc2c1C1(CC[NH+](C)CC1)C(C#N)=C(N)O2. The molecular weight excluding hydrogens is 242 g/mol. The van der Waals surface area contributed by atoms with Crippen LogP contribution in [0.25, 0.3) is 0 Å². The van der Waals surface area contributed by atoms with Crippen molar-refractivity contribution >= 4 is 0 Å². The summed E-state index contributed by atoms with van der Waals surface area (Å²) in [4.78, 5) is 1.48. The number of hydrogen-bond acceptors (Lipinski definition) is 4. The molecule has 1 aromatic heterocycles. The molecule has 19 heavy (non-hydrogen) atoms. The molecule has 1 spiro atoms. The Morgan fingerprint density at radius 2 is 2.16 bits per heavy atom. The number of piperidine rings is 1. The van der Waals surface area contributed by atoms with Gasteiger partial charge in [-0.25, -0.2) is 0 Å². The number of nitrogens with one attached hydrogen (secondary N) is 2. The van der Waals surface area contributed by atoms with E-state index < -0.39 is 0 Å². The lowest BCUT2D eigenvalue weighted by atomic mass is 9.67. The molecule has 6 nitrogen and oxygen atoms in total. The number of hydrogen-bond donors (Lipinski definition) is 3. The standard InChI is InChI=1S/C13H17N5O/c1-8-10-12(17-16-8)19-11(15)9(7-14)13(10)3-5-18(2)6-4-13/h3-6,15H2,1-2H3,(H,16,17)/p+1. The van der Waals surface area contributed by atoms with E-state index in [0.717, 1.165) is 37.2 Å². The first kappa shape index (κ1) is 12.1. The normalized spacial score (nSPS) is 29.8. The number of fused-ring (bicyclic) bond motifs is 2. The van der Waals surface area contributed by atoms with Gasteiger partial charge in [-0.05, 0) is 6.92 Å². The van der Waals surface area contributed by atoms with Gasteiger partial charge in [-0.1, -0.05) is 0 Å². The minimum Gasteiger partial charge on any atom is -0.420 e. The van der Waals surface area contributed by atoms with Gasteiger partial charge in [0.25, 0.3) is 0 Å². The van der Waals surface area contributed by atoms with Gasteiger partial charge in [0.2, 0.25) is 11.8 Å². The zero-order valence-corrected chi connectivity index (χ0v) is 11.2. The van der Waals surface area contributed by atoms with Crippen LogP contribution in [0.2, 0.25) is 0 Å². The number of likely N-dealkylation sites (tertiary alicyclic amines) is 1. The summed E-state index contributed by atoms with van der Waals surface area (Å²) in [6.07, 6.45) is 1.80. The quantitative estimate of drug-likeness (QED) is 0.578. The number of rotatable bonds is 0. The van der Waals surface area contributed by atoms with Crippen molar-refractivity contribution < 1.29 is 9.64 Å². The number of nitrogens with two attached hydrogens (primary N) is 1. The summed E-state index contributed by atoms with van der Waals surface area (Å²) in [5.74, 6) is 0.745. The van der Waals surface area contributed by atoms with Gasteiger partial charge >= 0.3 is 0 Å². The minimum absolute atomic E-state index is 0.209. The second-order valence-corrected chi connectivity index (χ2v) is 5.52. The van der Waals surface area contributed by atoms with Gasteiger partial charge in [0.1, 0.15) is 11.6 Å². The van der Waals surface area contributed by atoms with Gasteiger partial charge in [0, 0.05) is 24.1 Å². The van der Waals surface area contributed by atoms with E-state index in [-0.39, 0.29) is 11.3 Å². The van der Waals surface area contributed by atoms with E-state index in [9.17, 15) is 5.26 Å². The van der Waals surface area contributed by atoms with E-state index in [4.69, 9.17) is 10.5 Å².